The molecule has 1 aliphatic heterocycles. The van der Waals surface area contributed by atoms with Crippen LogP contribution < -0.4 is 5.32 Å². The van der Waals surface area contributed by atoms with Crippen LogP contribution in [-0.2, 0) is 4.79 Å². The topological polar surface area (TPSA) is 63.1 Å². The molecule has 0 atom stereocenters. The predicted molar refractivity (Wildman–Crippen MR) is 118 cm³/mol. The minimum absolute atomic E-state index is 0.0866. The largest absolute Gasteiger partial charge is 0.339 e. The number of carbonyl (C=O) groups is 1. The van der Waals surface area contributed by atoms with Crippen LogP contribution in [-0.4, -0.2) is 38.2 Å². The summed E-state index contributed by atoms with van der Waals surface area (Å²) in [5.74, 6) is 0.721. The summed E-state index contributed by atoms with van der Waals surface area (Å²) in [5, 5.41) is 8.38. The Morgan fingerprint density at radius 2 is 2.07 bits per heavy atom. The van der Waals surface area contributed by atoms with Crippen LogP contribution in [0.2, 0.25) is 5.02 Å². The first-order valence-electron chi connectivity index (χ1n) is 9.60. The fraction of sp³-hybridized carbons (Fsp3) is 0.318. The molecule has 0 saturated carbocycles. The van der Waals surface area contributed by atoms with Crippen LogP contribution in [0.25, 0.3) is 11.4 Å². The average Bonchev–Trinajstić information content (AvgIpc) is 3.23. The second-order valence-corrected chi connectivity index (χ2v) is 7.77. The van der Waals surface area contributed by atoms with Crippen LogP contribution in [0.5, 0.6) is 0 Å². The van der Waals surface area contributed by atoms with E-state index in [9.17, 15) is 4.79 Å². The highest BCUT2D eigenvalue weighted by atomic mass is 35.5. The van der Waals surface area contributed by atoms with E-state index in [4.69, 9.17) is 11.6 Å². The summed E-state index contributed by atoms with van der Waals surface area (Å²) in [7, 11) is 0. The van der Waals surface area contributed by atoms with Crippen molar-refractivity contribution in [2.75, 3.05) is 11.9 Å². The summed E-state index contributed by atoms with van der Waals surface area (Å²) in [6.07, 6.45) is 2.24. The van der Waals surface area contributed by atoms with Crippen molar-refractivity contribution in [3.63, 3.8) is 0 Å². The minimum atomic E-state index is 0.0866. The van der Waals surface area contributed by atoms with Gasteiger partial charge < -0.3 is 10.2 Å². The smallest absolute Gasteiger partial charge is 0.250 e. The van der Waals surface area contributed by atoms with Crippen molar-refractivity contribution in [2.24, 2.45) is 0 Å². The number of amides is 1. The van der Waals surface area contributed by atoms with Crippen LogP contribution in [0, 0.1) is 6.92 Å². The van der Waals surface area contributed by atoms with Gasteiger partial charge in [0.2, 0.25) is 0 Å². The fourth-order valence-corrected chi connectivity index (χ4v) is 3.49. The molecule has 3 heterocycles. The molecule has 1 amide bonds. The third-order valence-corrected chi connectivity index (χ3v) is 5.22. The maximum atomic E-state index is 12.7. The molecular formula is C22H26ClN5O. The van der Waals surface area contributed by atoms with Gasteiger partial charge in [-0.15, -0.1) is 0 Å². The summed E-state index contributed by atoms with van der Waals surface area (Å²) in [5.41, 5.74) is 4.69. The highest BCUT2D eigenvalue weighted by Crippen LogP contribution is 2.31. The van der Waals surface area contributed by atoms with Gasteiger partial charge in [-0.1, -0.05) is 31.7 Å². The number of aromatic nitrogens is 3. The summed E-state index contributed by atoms with van der Waals surface area (Å²) < 4.78 is 1.78. The van der Waals surface area contributed by atoms with Crippen molar-refractivity contribution in [1.82, 2.24) is 19.7 Å². The normalized spacial score (nSPS) is 14.1. The molecule has 0 spiro atoms. The lowest BCUT2D eigenvalue weighted by atomic mass is 10.1. The Kier molecular flexibility index (Phi) is 5.94. The van der Waals surface area contributed by atoms with Gasteiger partial charge in [0.25, 0.3) is 5.91 Å². The fourth-order valence-electron chi connectivity index (χ4n) is 3.38. The van der Waals surface area contributed by atoms with Gasteiger partial charge in [0.15, 0.2) is 0 Å². The number of rotatable bonds is 7. The summed E-state index contributed by atoms with van der Waals surface area (Å²) >= 11 is 5.88. The first kappa shape index (κ1) is 20.9. The van der Waals surface area contributed by atoms with E-state index in [-0.39, 0.29) is 11.9 Å². The molecule has 0 unspecified atom stereocenters. The Morgan fingerprint density at radius 3 is 2.66 bits per heavy atom. The number of halogens is 1. The second-order valence-electron chi connectivity index (χ2n) is 7.33. The number of anilines is 1. The number of carbonyl (C=O) groups excluding carboxylic acids is 1. The van der Waals surface area contributed by atoms with Crippen molar-refractivity contribution >= 4 is 34.7 Å². The van der Waals surface area contributed by atoms with Crippen LogP contribution in [0.3, 0.4) is 0 Å². The number of aryl methyl sites for hydroxylation is 1. The number of nitrogens with one attached hydrogen (secondary N) is 1. The molecule has 152 valence electrons. The Bertz CT molecular complexity index is 1000. The first-order chi connectivity index (χ1) is 13.7. The molecule has 29 heavy (non-hydrogen) atoms. The molecule has 0 fully saturated rings. The zero-order valence-corrected chi connectivity index (χ0v) is 18.0. The number of hydrogen-bond acceptors (Lipinski definition) is 4. The maximum absolute atomic E-state index is 12.7. The Morgan fingerprint density at radius 1 is 1.34 bits per heavy atom. The van der Waals surface area contributed by atoms with E-state index in [1.165, 1.54) is 0 Å². The van der Waals surface area contributed by atoms with Crippen LogP contribution in [0.1, 0.15) is 38.6 Å². The van der Waals surface area contributed by atoms with Crippen molar-refractivity contribution < 1.29 is 4.79 Å². The van der Waals surface area contributed by atoms with E-state index >= 15 is 0 Å². The molecule has 7 heteroatoms. The van der Waals surface area contributed by atoms with Gasteiger partial charge in [0, 0.05) is 35.6 Å². The molecule has 0 aliphatic carbocycles. The Labute approximate surface area is 176 Å². The van der Waals surface area contributed by atoms with E-state index in [0.29, 0.717) is 35.2 Å². The van der Waals surface area contributed by atoms with Gasteiger partial charge in [-0.25, -0.2) is 9.67 Å². The van der Waals surface area contributed by atoms with Crippen LogP contribution >= 0.6 is 11.6 Å². The van der Waals surface area contributed by atoms with Gasteiger partial charge in [0.1, 0.15) is 11.5 Å². The lowest BCUT2D eigenvalue weighted by Crippen LogP contribution is -2.33. The third-order valence-electron chi connectivity index (χ3n) is 5.00. The number of nitrogens with zero attached hydrogens (tertiary/aromatic N) is 4. The molecule has 2 aromatic heterocycles. The number of pyridine rings is 1. The van der Waals surface area contributed by atoms with E-state index in [2.05, 4.69) is 28.6 Å². The van der Waals surface area contributed by atoms with Crippen molar-refractivity contribution in [3.05, 3.63) is 65.1 Å². The quantitative estimate of drug-likeness (QED) is 0.714. The van der Waals surface area contributed by atoms with E-state index < -0.39 is 0 Å². The molecule has 6 nitrogen and oxygen atoms in total. The van der Waals surface area contributed by atoms with Crippen LogP contribution in [0.15, 0.2) is 48.7 Å². The Balaban J connectivity index is 1.85. The van der Waals surface area contributed by atoms with E-state index in [1.54, 1.807) is 23.0 Å². The molecule has 0 bridgehead atoms. The van der Waals surface area contributed by atoms with Crippen LogP contribution in [0.4, 0.5) is 5.82 Å². The molecule has 1 N–H and O–H groups in total. The predicted octanol–water partition coefficient (Wildman–Crippen LogP) is 4.75. The summed E-state index contributed by atoms with van der Waals surface area (Å²) in [4.78, 5) is 18.8. The monoisotopic (exact) mass is 411 g/mol. The van der Waals surface area contributed by atoms with Gasteiger partial charge in [0.05, 0.1) is 16.4 Å². The molecule has 0 saturated heterocycles. The lowest BCUT2D eigenvalue weighted by molar-refractivity contribution is -0.127. The molecular weight excluding hydrogens is 386 g/mol. The van der Waals surface area contributed by atoms with E-state index in [0.717, 1.165) is 22.5 Å². The zero-order valence-electron chi connectivity index (χ0n) is 17.3. The standard InChI is InChI=1S/C22H26ClN5O/c1-7-18-19(12-27(13(2)3)22(18)29)16(6)28-14(4)10-20(26-28)15(5)25-21-9-8-17(23)11-24-21/h8-11,13H,5-7,12H2,1-4H3,(H,24,25). The zero-order chi connectivity index (χ0) is 21.3. The SMILES string of the molecule is C=C(Nc1ccc(Cl)cn1)c1cc(C)n(C(=C)C2=C(CC)C(=O)N(C(C)C)C2)n1. The highest BCUT2D eigenvalue weighted by Gasteiger charge is 2.32. The average molecular weight is 412 g/mol. The van der Waals surface area contributed by atoms with Gasteiger partial charge in [-0.3, -0.25) is 4.79 Å². The number of hydrogen-bond donors (Lipinski definition) is 1. The second kappa shape index (κ2) is 8.25. The molecule has 0 aromatic carbocycles. The molecule has 0 radical (unpaired) electrons. The molecule has 2 aromatic rings. The summed E-state index contributed by atoms with van der Waals surface area (Å²) in [6.45, 7) is 16.9. The van der Waals surface area contributed by atoms with E-state index in [1.807, 2.05) is 38.7 Å². The van der Waals surface area contributed by atoms with Crippen molar-refractivity contribution in [3.8, 4) is 0 Å². The first-order valence-corrected chi connectivity index (χ1v) is 9.97. The van der Waals surface area contributed by atoms with Gasteiger partial charge >= 0.3 is 0 Å². The summed E-state index contributed by atoms with van der Waals surface area (Å²) in [6, 6.07) is 5.60. The maximum Gasteiger partial charge on any atom is 0.250 e. The minimum Gasteiger partial charge on any atom is -0.339 e. The van der Waals surface area contributed by atoms with Crippen molar-refractivity contribution in [2.45, 2.75) is 40.2 Å². The lowest BCUT2D eigenvalue weighted by Gasteiger charge is -2.21. The molecule has 1 aliphatic rings. The van der Waals surface area contributed by atoms with Crippen molar-refractivity contribution in [1.29, 1.82) is 0 Å². The Hall–Kier alpha value is -2.86. The third kappa shape index (κ3) is 4.12. The molecule has 3 rings (SSSR count). The van der Waals surface area contributed by atoms with Gasteiger partial charge in [-0.2, -0.15) is 5.10 Å². The highest BCUT2D eigenvalue weighted by molar-refractivity contribution is 6.30. The van der Waals surface area contributed by atoms with Gasteiger partial charge in [-0.05, 0) is 45.4 Å².